The Kier molecular flexibility index (Phi) is 6.44. The molecule has 1 fully saturated rings. The predicted octanol–water partition coefficient (Wildman–Crippen LogP) is 4.28. The number of likely N-dealkylation sites (tertiary alicyclic amines) is 1. The number of benzene rings is 1. The zero-order valence-corrected chi connectivity index (χ0v) is 13.9. The molecule has 1 N–H and O–H groups in total. The molecule has 1 atom stereocenters. The van der Waals surface area contributed by atoms with E-state index in [1.54, 1.807) is 0 Å². The van der Waals surface area contributed by atoms with Gasteiger partial charge in [-0.15, -0.1) is 0 Å². The molecule has 1 aliphatic heterocycles. The average molecular weight is 303 g/mol. The van der Waals surface area contributed by atoms with Gasteiger partial charge in [-0.2, -0.15) is 0 Å². The summed E-state index contributed by atoms with van der Waals surface area (Å²) in [7, 11) is 0. The van der Waals surface area contributed by atoms with Crippen molar-refractivity contribution in [2.75, 3.05) is 13.1 Å². The van der Waals surface area contributed by atoms with E-state index in [9.17, 15) is 4.79 Å². The Balaban J connectivity index is 2.07. The highest BCUT2D eigenvalue weighted by molar-refractivity contribution is 5.70. The number of aliphatic carboxylic acids is 1. The molecular formula is C19H29NO2. The highest BCUT2D eigenvalue weighted by Crippen LogP contribution is 2.31. The number of hydrogen-bond acceptors (Lipinski definition) is 2. The van der Waals surface area contributed by atoms with Crippen LogP contribution in [0.5, 0.6) is 0 Å². The first-order valence-corrected chi connectivity index (χ1v) is 8.71. The van der Waals surface area contributed by atoms with E-state index in [-0.39, 0.29) is 5.92 Å². The van der Waals surface area contributed by atoms with Crippen LogP contribution in [0.15, 0.2) is 24.3 Å². The van der Waals surface area contributed by atoms with Crippen molar-refractivity contribution in [1.82, 2.24) is 4.90 Å². The Bertz CT molecular complexity index is 461. The minimum atomic E-state index is -0.628. The van der Waals surface area contributed by atoms with Gasteiger partial charge in [-0.25, -0.2) is 0 Å². The molecule has 1 aromatic carbocycles. The minimum absolute atomic E-state index is 0.148. The van der Waals surface area contributed by atoms with Gasteiger partial charge in [0.2, 0.25) is 0 Å². The van der Waals surface area contributed by atoms with Crippen LogP contribution in [0.2, 0.25) is 0 Å². The fourth-order valence-electron chi connectivity index (χ4n) is 3.39. The molecule has 0 amide bonds. The van der Waals surface area contributed by atoms with Gasteiger partial charge < -0.3 is 5.11 Å². The number of piperidine rings is 1. The third-order valence-corrected chi connectivity index (χ3v) is 4.92. The molecule has 1 aliphatic rings. The largest absolute Gasteiger partial charge is 0.481 e. The van der Waals surface area contributed by atoms with Crippen LogP contribution in [0.25, 0.3) is 0 Å². The van der Waals surface area contributed by atoms with Gasteiger partial charge in [-0.1, -0.05) is 51.0 Å². The third kappa shape index (κ3) is 4.33. The summed E-state index contributed by atoms with van der Waals surface area (Å²) in [5.74, 6) is -0.775. The van der Waals surface area contributed by atoms with E-state index in [0.29, 0.717) is 6.04 Å². The second kappa shape index (κ2) is 8.33. The van der Waals surface area contributed by atoms with Crippen LogP contribution in [0, 0.1) is 5.92 Å². The van der Waals surface area contributed by atoms with E-state index in [2.05, 4.69) is 43.0 Å². The maximum atomic E-state index is 11.1. The van der Waals surface area contributed by atoms with Crippen LogP contribution in [-0.4, -0.2) is 29.1 Å². The fraction of sp³-hybridized carbons (Fsp3) is 0.632. The molecule has 22 heavy (non-hydrogen) atoms. The van der Waals surface area contributed by atoms with Crippen molar-refractivity contribution in [3.05, 3.63) is 35.4 Å². The molecule has 0 bridgehead atoms. The molecule has 2 rings (SSSR count). The first kappa shape index (κ1) is 17.0. The third-order valence-electron chi connectivity index (χ3n) is 4.92. The molecule has 0 spiro atoms. The lowest BCUT2D eigenvalue weighted by atomic mass is 9.92. The normalized spacial score (nSPS) is 18.3. The van der Waals surface area contributed by atoms with Gasteiger partial charge in [-0.3, -0.25) is 9.69 Å². The van der Waals surface area contributed by atoms with Crippen molar-refractivity contribution in [3.8, 4) is 0 Å². The first-order valence-electron chi connectivity index (χ1n) is 8.71. The topological polar surface area (TPSA) is 40.5 Å². The van der Waals surface area contributed by atoms with E-state index >= 15 is 0 Å². The van der Waals surface area contributed by atoms with Crippen molar-refractivity contribution in [1.29, 1.82) is 0 Å². The van der Waals surface area contributed by atoms with Crippen LogP contribution in [-0.2, 0) is 11.2 Å². The molecule has 3 nitrogen and oxygen atoms in total. The van der Waals surface area contributed by atoms with Gasteiger partial charge >= 0.3 is 5.97 Å². The van der Waals surface area contributed by atoms with Crippen molar-refractivity contribution in [2.45, 2.75) is 58.4 Å². The van der Waals surface area contributed by atoms with Crippen LogP contribution >= 0.6 is 0 Å². The lowest BCUT2D eigenvalue weighted by Crippen LogP contribution is -2.38. The van der Waals surface area contributed by atoms with Gasteiger partial charge in [-0.05, 0) is 49.9 Å². The number of nitrogens with zero attached hydrogens (tertiary/aromatic N) is 1. The van der Waals surface area contributed by atoms with E-state index in [0.717, 1.165) is 32.4 Å². The van der Waals surface area contributed by atoms with Crippen LogP contribution < -0.4 is 0 Å². The summed E-state index contributed by atoms with van der Waals surface area (Å²) < 4.78 is 0. The summed E-state index contributed by atoms with van der Waals surface area (Å²) in [6, 6.07) is 9.45. The van der Waals surface area contributed by atoms with Gasteiger partial charge in [0.05, 0.1) is 5.92 Å². The molecule has 0 saturated carbocycles. The van der Waals surface area contributed by atoms with Gasteiger partial charge in [0, 0.05) is 6.04 Å². The molecular weight excluding hydrogens is 274 g/mol. The lowest BCUT2D eigenvalue weighted by molar-refractivity contribution is -0.143. The maximum Gasteiger partial charge on any atom is 0.306 e. The van der Waals surface area contributed by atoms with Crippen LogP contribution in [0.4, 0.5) is 0 Å². The minimum Gasteiger partial charge on any atom is -0.481 e. The van der Waals surface area contributed by atoms with E-state index in [1.807, 2.05) is 0 Å². The van der Waals surface area contributed by atoms with E-state index in [4.69, 9.17) is 5.11 Å². The summed E-state index contributed by atoms with van der Waals surface area (Å²) in [6.07, 6.45) is 6.23. The van der Waals surface area contributed by atoms with Gasteiger partial charge in [0.15, 0.2) is 0 Å². The number of carbonyl (C=O) groups is 1. The van der Waals surface area contributed by atoms with Crippen molar-refractivity contribution >= 4 is 5.97 Å². The Hall–Kier alpha value is -1.35. The number of aryl methyl sites for hydroxylation is 1. The molecule has 1 unspecified atom stereocenters. The molecule has 0 radical (unpaired) electrons. The van der Waals surface area contributed by atoms with E-state index < -0.39 is 5.97 Å². The van der Waals surface area contributed by atoms with Crippen molar-refractivity contribution < 1.29 is 9.90 Å². The number of hydrogen-bond donors (Lipinski definition) is 1. The molecule has 0 aliphatic carbocycles. The summed E-state index contributed by atoms with van der Waals surface area (Å²) in [4.78, 5) is 13.6. The Morgan fingerprint density at radius 1 is 1.23 bits per heavy atom. The Labute approximate surface area is 134 Å². The first-order chi connectivity index (χ1) is 10.7. The van der Waals surface area contributed by atoms with Crippen molar-refractivity contribution in [2.24, 2.45) is 5.92 Å². The van der Waals surface area contributed by atoms with Crippen LogP contribution in [0.3, 0.4) is 0 Å². The summed E-state index contributed by atoms with van der Waals surface area (Å²) in [6.45, 7) is 6.22. The van der Waals surface area contributed by atoms with E-state index in [1.165, 1.54) is 30.4 Å². The predicted molar refractivity (Wildman–Crippen MR) is 90.0 cm³/mol. The molecule has 3 heteroatoms. The highest BCUT2D eigenvalue weighted by atomic mass is 16.4. The standard InChI is InChI=1S/C19H29NO2/c1-3-5-6-18(16-9-7-15(4-2)8-10-16)20-13-11-17(12-14-20)19(21)22/h7-10,17-18H,3-6,11-14H2,1-2H3,(H,21,22). The number of unbranched alkanes of at least 4 members (excludes halogenated alkanes) is 1. The van der Waals surface area contributed by atoms with Crippen molar-refractivity contribution in [3.63, 3.8) is 0 Å². The Morgan fingerprint density at radius 3 is 2.36 bits per heavy atom. The maximum absolute atomic E-state index is 11.1. The number of carboxylic acids is 1. The zero-order valence-electron chi connectivity index (χ0n) is 13.9. The summed E-state index contributed by atoms with van der Waals surface area (Å²) >= 11 is 0. The van der Waals surface area contributed by atoms with Crippen LogP contribution in [0.1, 0.15) is 63.1 Å². The zero-order chi connectivity index (χ0) is 15.9. The van der Waals surface area contributed by atoms with Gasteiger partial charge in [0.1, 0.15) is 0 Å². The summed E-state index contributed by atoms with van der Waals surface area (Å²) in [5.41, 5.74) is 2.77. The average Bonchev–Trinajstić information content (AvgIpc) is 2.56. The molecule has 1 heterocycles. The second-order valence-corrected chi connectivity index (χ2v) is 6.40. The smallest absolute Gasteiger partial charge is 0.306 e. The molecule has 1 saturated heterocycles. The summed E-state index contributed by atoms with van der Waals surface area (Å²) in [5, 5.41) is 9.16. The highest BCUT2D eigenvalue weighted by Gasteiger charge is 2.28. The van der Waals surface area contributed by atoms with Gasteiger partial charge in [0.25, 0.3) is 0 Å². The lowest BCUT2D eigenvalue weighted by Gasteiger charge is -2.37. The fourth-order valence-corrected chi connectivity index (χ4v) is 3.39. The Morgan fingerprint density at radius 2 is 1.86 bits per heavy atom. The monoisotopic (exact) mass is 303 g/mol. The quantitative estimate of drug-likeness (QED) is 0.817. The molecule has 122 valence electrons. The second-order valence-electron chi connectivity index (χ2n) is 6.40. The number of carboxylic acid groups (broad SMARTS) is 1. The SMILES string of the molecule is CCCCC(c1ccc(CC)cc1)N1CCC(C(=O)O)CC1. The molecule has 1 aromatic rings. The number of rotatable bonds is 7. The molecule has 0 aromatic heterocycles.